The molecule has 0 aromatic carbocycles. The molecule has 2 amide bonds. The molecule has 1 fully saturated rings. The second-order valence-corrected chi connectivity index (χ2v) is 3.12. The Balaban J connectivity index is 2.75. The van der Waals surface area contributed by atoms with E-state index < -0.39 is 17.9 Å². The van der Waals surface area contributed by atoms with Crippen LogP contribution in [-0.2, 0) is 14.4 Å². The maximum absolute atomic E-state index is 11.3. The SMILES string of the molecule is CC(=O)N1CCNC(=O)C1CC(=O)O. The number of aliphatic carboxylic acids is 1. The van der Waals surface area contributed by atoms with Crippen LogP contribution in [0.3, 0.4) is 0 Å². The number of hydrogen-bond donors (Lipinski definition) is 2. The van der Waals surface area contributed by atoms with Gasteiger partial charge in [-0.3, -0.25) is 14.4 Å². The highest BCUT2D eigenvalue weighted by Gasteiger charge is 2.32. The van der Waals surface area contributed by atoms with E-state index in [9.17, 15) is 14.4 Å². The molecule has 1 aliphatic heterocycles. The third-order valence-electron chi connectivity index (χ3n) is 2.10. The van der Waals surface area contributed by atoms with Gasteiger partial charge in [-0.05, 0) is 0 Å². The van der Waals surface area contributed by atoms with E-state index in [1.807, 2.05) is 0 Å². The molecule has 0 aliphatic carbocycles. The van der Waals surface area contributed by atoms with Gasteiger partial charge in [-0.2, -0.15) is 0 Å². The van der Waals surface area contributed by atoms with Gasteiger partial charge >= 0.3 is 5.97 Å². The Morgan fingerprint density at radius 2 is 2.29 bits per heavy atom. The Labute approximate surface area is 80.9 Å². The van der Waals surface area contributed by atoms with E-state index in [0.717, 1.165) is 0 Å². The summed E-state index contributed by atoms with van der Waals surface area (Å²) < 4.78 is 0. The average Bonchev–Trinajstić information content (AvgIpc) is 2.07. The first-order valence-electron chi connectivity index (χ1n) is 4.29. The standard InChI is InChI=1S/C8H12N2O4/c1-5(11)10-3-2-9-8(14)6(10)4-7(12)13/h6H,2-4H2,1H3,(H,9,14)(H,12,13). The number of carboxylic acids is 1. The molecule has 1 atom stereocenters. The van der Waals surface area contributed by atoms with Crippen molar-refractivity contribution in [3.05, 3.63) is 0 Å². The molecular weight excluding hydrogens is 188 g/mol. The van der Waals surface area contributed by atoms with Crippen LogP contribution in [0.1, 0.15) is 13.3 Å². The van der Waals surface area contributed by atoms with Gasteiger partial charge in [0.1, 0.15) is 6.04 Å². The third kappa shape index (κ3) is 2.21. The van der Waals surface area contributed by atoms with E-state index in [2.05, 4.69) is 5.32 Å². The number of hydrogen-bond acceptors (Lipinski definition) is 3. The molecule has 0 aromatic rings. The van der Waals surface area contributed by atoms with Gasteiger partial charge in [0.05, 0.1) is 6.42 Å². The van der Waals surface area contributed by atoms with E-state index >= 15 is 0 Å². The molecule has 0 bridgehead atoms. The number of nitrogens with one attached hydrogen (secondary N) is 1. The molecule has 1 heterocycles. The summed E-state index contributed by atoms with van der Waals surface area (Å²) in [6.45, 7) is 2.08. The van der Waals surface area contributed by atoms with Crippen molar-refractivity contribution >= 4 is 17.8 Å². The Hall–Kier alpha value is -1.59. The van der Waals surface area contributed by atoms with Crippen LogP contribution in [0, 0.1) is 0 Å². The molecule has 6 nitrogen and oxygen atoms in total. The normalized spacial score (nSPS) is 21.6. The molecule has 1 unspecified atom stereocenters. The van der Waals surface area contributed by atoms with Crippen molar-refractivity contribution in [1.29, 1.82) is 0 Å². The largest absolute Gasteiger partial charge is 0.481 e. The zero-order chi connectivity index (χ0) is 10.7. The lowest BCUT2D eigenvalue weighted by Gasteiger charge is -2.33. The Morgan fingerprint density at radius 3 is 2.79 bits per heavy atom. The van der Waals surface area contributed by atoms with Gasteiger partial charge in [-0.15, -0.1) is 0 Å². The van der Waals surface area contributed by atoms with E-state index in [-0.39, 0.29) is 12.3 Å². The smallest absolute Gasteiger partial charge is 0.305 e. The minimum absolute atomic E-state index is 0.272. The number of carbonyl (C=O) groups excluding carboxylic acids is 2. The van der Waals surface area contributed by atoms with Crippen LogP contribution in [0.25, 0.3) is 0 Å². The van der Waals surface area contributed by atoms with Gasteiger partial charge in [-0.25, -0.2) is 0 Å². The summed E-state index contributed by atoms with van der Waals surface area (Å²) in [6, 6.07) is -0.862. The van der Waals surface area contributed by atoms with E-state index in [4.69, 9.17) is 5.11 Å². The summed E-state index contributed by atoms with van der Waals surface area (Å²) in [4.78, 5) is 34.1. The molecule has 0 aromatic heterocycles. The number of piperazine rings is 1. The molecule has 0 saturated carbocycles. The van der Waals surface area contributed by atoms with Gasteiger partial charge in [0.15, 0.2) is 0 Å². The van der Waals surface area contributed by atoms with Gasteiger partial charge in [0, 0.05) is 20.0 Å². The van der Waals surface area contributed by atoms with Crippen LogP contribution in [-0.4, -0.2) is 46.9 Å². The van der Waals surface area contributed by atoms with Gasteiger partial charge in [0.2, 0.25) is 11.8 Å². The second-order valence-electron chi connectivity index (χ2n) is 3.12. The highest BCUT2D eigenvalue weighted by molar-refractivity contribution is 5.91. The molecule has 78 valence electrons. The third-order valence-corrected chi connectivity index (χ3v) is 2.10. The number of rotatable bonds is 2. The number of amides is 2. The summed E-state index contributed by atoms with van der Waals surface area (Å²) in [5.41, 5.74) is 0. The van der Waals surface area contributed by atoms with Gasteiger partial charge in [-0.1, -0.05) is 0 Å². The number of carbonyl (C=O) groups is 3. The Kier molecular flexibility index (Phi) is 3.06. The van der Waals surface area contributed by atoms with Crippen molar-refractivity contribution in [2.24, 2.45) is 0 Å². The molecule has 6 heteroatoms. The minimum Gasteiger partial charge on any atom is -0.481 e. The maximum Gasteiger partial charge on any atom is 0.305 e. The van der Waals surface area contributed by atoms with Crippen molar-refractivity contribution in [2.75, 3.05) is 13.1 Å². The first kappa shape index (κ1) is 10.5. The first-order valence-corrected chi connectivity index (χ1v) is 4.29. The summed E-state index contributed by atoms with van der Waals surface area (Å²) in [6.07, 6.45) is -0.342. The molecule has 1 rings (SSSR count). The van der Waals surface area contributed by atoms with Crippen molar-refractivity contribution in [3.63, 3.8) is 0 Å². The van der Waals surface area contributed by atoms with Crippen LogP contribution in [0.15, 0.2) is 0 Å². The van der Waals surface area contributed by atoms with Crippen LogP contribution >= 0.6 is 0 Å². The quantitative estimate of drug-likeness (QED) is 0.586. The second kappa shape index (κ2) is 4.08. The zero-order valence-electron chi connectivity index (χ0n) is 7.82. The molecule has 1 saturated heterocycles. The van der Waals surface area contributed by atoms with Crippen molar-refractivity contribution < 1.29 is 19.5 Å². The molecule has 14 heavy (non-hydrogen) atoms. The molecular formula is C8H12N2O4. The Morgan fingerprint density at radius 1 is 1.64 bits per heavy atom. The van der Waals surface area contributed by atoms with Crippen molar-refractivity contribution in [1.82, 2.24) is 10.2 Å². The monoisotopic (exact) mass is 200 g/mol. The molecule has 2 N–H and O–H groups in total. The lowest BCUT2D eigenvalue weighted by molar-refractivity contribution is -0.147. The summed E-state index contributed by atoms with van der Waals surface area (Å²) in [7, 11) is 0. The average molecular weight is 200 g/mol. The van der Waals surface area contributed by atoms with Crippen LogP contribution in [0.5, 0.6) is 0 Å². The molecule has 0 spiro atoms. The summed E-state index contributed by atoms with van der Waals surface area (Å²) >= 11 is 0. The Bertz CT molecular complexity index is 277. The first-order chi connectivity index (χ1) is 6.52. The fraction of sp³-hybridized carbons (Fsp3) is 0.625. The highest BCUT2D eigenvalue weighted by Crippen LogP contribution is 2.08. The van der Waals surface area contributed by atoms with Crippen LogP contribution in [0.2, 0.25) is 0 Å². The minimum atomic E-state index is -1.08. The topological polar surface area (TPSA) is 86.7 Å². The lowest BCUT2D eigenvalue weighted by atomic mass is 10.1. The van der Waals surface area contributed by atoms with Gasteiger partial charge in [0.25, 0.3) is 0 Å². The van der Waals surface area contributed by atoms with Crippen molar-refractivity contribution in [2.45, 2.75) is 19.4 Å². The maximum atomic E-state index is 11.3. The van der Waals surface area contributed by atoms with Gasteiger partial charge < -0.3 is 15.3 Å². The molecule has 0 radical (unpaired) electrons. The van der Waals surface area contributed by atoms with Crippen molar-refractivity contribution in [3.8, 4) is 0 Å². The lowest BCUT2D eigenvalue weighted by Crippen LogP contribution is -2.57. The molecule has 1 aliphatic rings. The number of nitrogens with zero attached hydrogens (tertiary/aromatic N) is 1. The van der Waals surface area contributed by atoms with Crippen LogP contribution in [0.4, 0.5) is 0 Å². The summed E-state index contributed by atoms with van der Waals surface area (Å²) in [5.74, 6) is -1.75. The zero-order valence-corrected chi connectivity index (χ0v) is 7.82. The number of carboxylic acid groups (broad SMARTS) is 1. The van der Waals surface area contributed by atoms with E-state index in [1.165, 1.54) is 11.8 Å². The summed E-state index contributed by atoms with van der Waals surface area (Å²) in [5, 5.41) is 11.1. The van der Waals surface area contributed by atoms with Crippen LogP contribution < -0.4 is 5.32 Å². The highest BCUT2D eigenvalue weighted by atomic mass is 16.4. The van der Waals surface area contributed by atoms with E-state index in [0.29, 0.717) is 13.1 Å². The predicted octanol–water partition coefficient (Wildman–Crippen LogP) is -1.19. The fourth-order valence-electron chi connectivity index (χ4n) is 1.46. The fourth-order valence-corrected chi connectivity index (χ4v) is 1.46. The predicted molar refractivity (Wildman–Crippen MR) is 46.4 cm³/mol. The van der Waals surface area contributed by atoms with E-state index in [1.54, 1.807) is 0 Å².